The quantitative estimate of drug-likeness (QED) is 0.126. The molecule has 11 aromatic rings. The summed E-state index contributed by atoms with van der Waals surface area (Å²) in [7, 11) is 0. The Morgan fingerprint density at radius 2 is 0.431 bits per heavy atom. The van der Waals surface area contributed by atoms with Crippen molar-refractivity contribution in [3.63, 3.8) is 0 Å². The van der Waals surface area contributed by atoms with Gasteiger partial charge >= 0.3 is 0 Å². The first-order valence-corrected chi connectivity index (χ1v) is 25.2. The lowest BCUT2D eigenvalue weighted by Crippen LogP contribution is -2.12. The number of hydrogen-bond acceptors (Lipinski definition) is 2. The van der Waals surface area contributed by atoms with E-state index in [1.165, 1.54) is 133 Å². The molecule has 0 atom stereocenters. The van der Waals surface area contributed by atoms with Gasteiger partial charge in [0.15, 0.2) is 0 Å². The van der Waals surface area contributed by atoms with Gasteiger partial charge in [-0.25, -0.2) is 0 Å². The monoisotopic (exact) mass is 928 g/mol. The van der Waals surface area contributed by atoms with Crippen molar-refractivity contribution in [3.8, 4) is 44.5 Å². The minimum Gasteiger partial charge on any atom is -0.310 e. The first kappa shape index (κ1) is 46.0. The standard InChI is InChI=1S/C70H60N2/c1-45-9-33-67(49(5)37-45)71(68-34-10-46(2)38-50(68)6)65-29-25-55(26-30-65)53-13-17-57(18-14-53)59-21-23-61-44-64-42-60(22-24-62(64)43-63(61)41-59)58-19-15-54(16-20-58)56-27-31-66(32-28-56)72(69-35-11-47(3)39-51(69)7)70-36-12-48(4)40-52(70)8/h9-44H,1-8H3. The minimum absolute atomic E-state index is 1.15. The molecule has 0 spiro atoms. The first-order chi connectivity index (χ1) is 34.9. The van der Waals surface area contributed by atoms with E-state index < -0.39 is 0 Å². The molecular formula is C70H60N2. The molecule has 72 heavy (non-hydrogen) atoms. The third kappa shape index (κ3) is 9.09. The van der Waals surface area contributed by atoms with E-state index in [1.54, 1.807) is 0 Å². The van der Waals surface area contributed by atoms with Crippen LogP contribution in [0.1, 0.15) is 44.5 Å². The average molecular weight is 929 g/mol. The highest BCUT2D eigenvalue weighted by atomic mass is 15.2. The lowest BCUT2D eigenvalue weighted by Gasteiger charge is -2.29. The van der Waals surface area contributed by atoms with Gasteiger partial charge in [-0.2, -0.15) is 0 Å². The van der Waals surface area contributed by atoms with E-state index in [-0.39, 0.29) is 0 Å². The average Bonchev–Trinajstić information content (AvgIpc) is 3.38. The number of aryl methyl sites for hydroxylation is 8. The molecule has 0 radical (unpaired) electrons. The number of nitrogens with zero attached hydrogens (tertiary/aromatic N) is 2. The highest BCUT2D eigenvalue weighted by molar-refractivity contribution is 6.01. The Bertz CT molecular complexity index is 3450. The van der Waals surface area contributed by atoms with Crippen LogP contribution in [0.25, 0.3) is 66.1 Å². The Morgan fingerprint density at radius 1 is 0.194 bits per heavy atom. The van der Waals surface area contributed by atoms with Crippen LogP contribution in [-0.4, -0.2) is 0 Å². The summed E-state index contributed by atoms with van der Waals surface area (Å²) in [5, 5.41) is 4.96. The molecule has 0 fully saturated rings. The smallest absolute Gasteiger partial charge is 0.0491 e. The lowest BCUT2D eigenvalue weighted by atomic mass is 9.95. The summed E-state index contributed by atoms with van der Waals surface area (Å²) in [4.78, 5) is 4.79. The molecule has 11 rings (SSSR count). The van der Waals surface area contributed by atoms with Gasteiger partial charge in [-0.3, -0.25) is 0 Å². The fourth-order valence-electron chi connectivity index (χ4n) is 10.7. The van der Waals surface area contributed by atoms with Crippen molar-refractivity contribution >= 4 is 55.7 Å². The number of fused-ring (bicyclic) bond motifs is 2. The Hall–Kier alpha value is -8.46. The van der Waals surface area contributed by atoms with Crippen molar-refractivity contribution in [3.05, 3.63) is 263 Å². The summed E-state index contributed by atoms with van der Waals surface area (Å²) in [5.41, 5.74) is 26.8. The molecule has 0 unspecified atom stereocenters. The molecule has 0 aliphatic rings. The fraction of sp³-hybridized carbons (Fsp3) is 0.114. The predicted molar refractivity (Wildman–Crippen MR) is 310 cm³/mol. The Balaban J connectivity index is 0.803. The molecule has 0 amide bonds. The second-order valence-electron chi connectivity index (χ2n) is 20.1. The summed E-state index contributed by atoms with van der Waals surface area (Å²) in [6.07, 6.45) is 0. The van der Waals surface area contributed by atoms with Crippen LogP contribution in [0.2, 0.25) is 0 Å². The van der Waals surface area contributed by atoms with E-state index in [2.05, 4.69) is 284 Å². The molecule has 0 aliphatic heterocycles. The molecular weight excluding hydrogens is 869 g/mol. The van der Waals surface area contributed by atoms with E-state index >= 15 is 0 Å². The van der Waals surface area contributed by atoms with Crippen molar-refractivity contribution in [1.82, 2.24) is 0 Å². The van der Waals surface area contributed by atoms with Crippen LogP contribution in [0.4, 0.5) is 34.1 Å². The van der Waals surface area contributed by atoms with Crippen molar-refractivity contribution in [2.45, 2.75) is 55.4 Å². The SMILES string of the molecule is Cc1ccc(N(c2ccc(-c3ccc(-c4ccc5cc6cc(-c7ccc(-c8ccc(N(c9ccc(C)cc9C)c9ccc(C)cc9C)cc8)cc7)ccc6cc5c4)cc3)cc2)c2ccc(C)cc2C)c(C)c1. The normalized spacial score (nSPS) is 11.3. The van der Waals surface area contributed by atoms with Gasteiger partial charge in [0.1, 0.15) is 0 Å². The number of benzene rings is 11. The molecule has 2 nitrogen and oxygen atoms in total. The Kier molecular flexibility index (Phi) is 12.2. The maximum atomic E-state index is 2.39. The number of rotatable bonds is 10. The fourth-order valence-corrected chi connectivity index (χ4v) is 10.7. The van der Waals surface area contributed by atoms with E-state index in [0.717, 1.165) is 11.4 Å². The zero-order chi connectivity index (χ0) is 49.6. The van der Waals surface area contributed by atoms with Gasteiger partial charge in [0, 0.05) is 34.1 Å². The largest absolute Gasteiger partial charge is 0.310 e. The molecule has 11 aromatic carbocycles. The van der Waals surface area contributed by atoms with Crippen molar-refractivity contribution < 1.29 is 0 Å². The van der Waals surface area contributed by atoms with Gasteiger partial charge in [0.2, 0.25) is 0 Å². The van der Waals surface area contributed by atoms with E-state index in [9.17, 15) is 0 Å². The highest BCUT2D eigenvalue weighted by Crippen LogP contribution is 2.42. The molecule has 0 saturated carbocycles. The topological polar surface area (TPSA) is 6.48 Å². The minimum atomic E-state index is 1.15. The van der Waals surface area contributed by atoms with E-state index in [4.69, 9.17) is 0 Å². The summed E-state index contributed by atoms with van der Waals surface area (Å²) in [5.74, 6) is 0. The third-order valence-corrected chi connectivity index (χ3v) is 14.5. The maximum absolute atomic E-state index is 2.39. The summed E-state index contributed by atoms with van der Waals surface area (Å²) < 4.78 is 0. The van der Waals surface area contributed by atoms with Crippen LogP contribution in [0.3, 0.4) is 0 Å². The predicted octanol–water partition coefficient (Wildman–Crippen LogP) is 20.1. The Labute approximate surface area is 426 Å². The number of anilines is 6. The molecule has 350 valence electrons. The van der Waals surface area contributed by atoms with Crippen molar-refractivity contribution in [1.29, 1.82) is 0 Å². The van der Waals surface area contributed by atoms with Gasteiger partial charge in [0.25, 0.3) is 0 Å². The van der Waals surface area contributed by atoms with Gasteiger partial charge in [0.05, 0.1) is 0 Å². The lowest BCUT2D eigenvalue weighted by molar-refractivity contribution is 1.21. The molecule has 0 saturated heterocycles. The van der Waals surface area contributed by atoms with Crippen molar-refractivity contribution in [2.75, 3.05) is 9.80 Å². The van der Waals surface area contributed by atoms with Gasteiger partial charge in [-0.05, 0) is 216 Å². The highest BCUT2D eigenvalue weighted by Gasteiger charge is 2.19. The molecule has 0 heterocycles. The van der Waals surface area contributed by atoms with Crippen LogP contribution >= 0.6 is 0 Å². The van der Waals surface area contributed by atoms with Crippen LogP contribution in [-0.2, 0) is 0 Å². The molecule has 0 aromatic heterocycles. The molecule has 0 bridgehead atoms. The maximum Gasteiger partial charge on any atom is 0.0491 e. The summed E-state index contributed by atoms with van der Waals surface area (Å²) in [6.45, 7) is 17.5. The van der Waals surface area contributed by atoms with Gasteiger partial charge < -0.3 is 9.80 Å². The van der Waals surface area contributed by atoms with Gasteiger partial charge in [-0.15, -0.1) is 0 Å². The second kappa shape index (κ2) is 19.0. The van der Waals surface area contributed by atoms with Crippen LogP contribution in [0, 0.1) is 55.4 Å². The third-order valence-electron chi connectivity index (χ3n) is 14.5. The van der Waals surface area contributed by atoms with Crippen LogP contribution < -0.4 is 9.80 Å². The number of hydrogen-bond donors (Lipinski definition) is 0. The van der Waals surface area contributed by atoms with Crippen LogP contribution in [0.15, 0.2) is 218 Å². The molecule has 2 heteroatoms. The first-order valence-electron chi connectivity index (χ1n) is 25.2. The second-order valence-corrected chi connectivity index (χ2v) is 20.1. The zero-order valence-corrected chi connectivity index (χ0v) is 42.7. The molecule has 0 aliphatic carbocycles. The summed E-state index contributed by atoms with van der Waals surface area (Å²) in [6, 6.07) is 81.3. The zero-order valence-electron chi connectivity index (χ0n) is 42.7. The van der Waals surface area contributed by atoms with Crippen molar-refractivity contribution in [2.24, 2.45) is 0 Å². The molecule has 0 N–H and O–H groups in total. The van der Waals surface area contributed by atoms with Gasteiger partial charge in [-0.1, -0.05) is 168 Å². The summed E-state index contributed by atoms with van der Waals surface area (Å²) >= 11 is 0. The van der Waals surface area contributed by atoms with Crippen LogP contribution in [0.5, 0.6) is 0 Å². The van der Waals surface area contributed by atoms with E-state index in [1.807, 2.05) is 0 Å². The Morgan fingerprint density at radius 3 is 0.694 bits per heavy atom. The van der Waals surface area contributed by atoms with E-state index in [0.29, 0.717) is 0 Å².